The van der Waals surface area contributed by atoms with Crippen molar-refractivity contribution in [2.45, 2.75) is 220 Å². The van der Waals surface area contributed by atoms with Gasteiger partial charge in [0.15, 0.2) is 31.2 Å². The fourth-order valence-corrected chi connectivity index (χ4v) is 14.9. The van der Waals surface area contributed by atoms with Gasteiger partial charge < -0.3 is 32.2 Å². The van der Waals surface area contributed by atoms with Crippen molar-refractivity contribution in [3.05, 3.63) is 162 Å². The van der Waals surface area contributed by atoms with Crippen LogP contribution in [0.15, 0.2) is 140 Å². The number of ether oxygens (including phenoxy) is 4. The molecule has 460 valence electrons. The van der Waals surface area contributed by atoms with Crippen molar-refractivity contribution in [3.63, 3.8) is 0 Å². The van der Waals surface area contributed by atoms with E-state index in [9.17, 15) is 4.79 Å². The lowest BCUT2D eigenvalue weighted by Crippen LogP contribution is -2.48. The van der Waals surface area contributed by atoms with Gasteiger partial charge in [-0.25, -0.2) is 0 Å². The lowest BCUT2D eigenvalue weighted by atomic mass is 9.80. The predicted molar refractivity (Wildman–Crippen MR) is 355 cm³/mol. The third-order valence-corrected chi connectivity index (χ3v) is 32.8. The van der Waals surface area contributed by atoms with Crippen molar-refractivity contribution in [1.82, 2.24) is 0 Å². The zero-order chi connectivity index (χ0) is 61.8. The number of ketones is 1. The Bertz CT molecular complexity index is 2520. The Balaban J connectivity index is 1.41. The number of Topliss-reactive ketones (excluding diaryl/α,β-unsaturated/α-hetero) is 1. The van der Waals surface area contributed by atoms with E-state index in [-0.39, 0.29) is 74.9 Å². The summed E-state index contributed by atoms with van der Waals surface area (Å²) in [6, 6.07) is 39.6. The minimum absolute atomic E-state index is 0.000313. The van der Waals surface area contributed by atoms with Gasteiger partial charge >= 0.3 is 0 Å². The van der Waals surface area contributed by atoms with E-state index in [1.807, 2.05) is 31.2 Å². The molecular weight excluding hydrogens is 1080 g/mol. The molecule has 0 radical (unpaired) electrons. The first-order valence-corrected chi connectivity index (χ1v) is 40.0. The minimum atomic E-state index is -2.29. The smallest absolute Gasteiger partial charge is 0.192 e. The SMILES string of the molecule is COc1ccc(C2OC[C@H](C)[C@@H]([C@@H](C)C(=O)CC[C@H](C)C[C@@H](C)[C@@H](O[Si](C)(C)C(C)(C)C)[C@@H](C)C=C[C@H](C[C@H](O[Si](C)(C)C(C)(C)C)[C@@H](C)C=CCOC(c3ccccc3)(c3ccccc3)c3ccccc3)O[Si](C)(C)C(C)(C)C)O2)cc1. The molecule has 0 amide bonds. The van der Waals surface area contributed by atoms with Crippen molar-refractivity contribution in [1.29, 1.82) is 0 Å². The second kappa shape index (κ2) is 29.8. The molecule has 0 bridgehead atoms. The zero-order valence-electron chi connectivity index (χ0n) is 55.6. The molecule has 1 fully saturated rings. The molecule has 0 saturated carbocycles. The Morgan fingerprint density at radius 2 is 1.10 bits per heavy atom. The van der Waals surface area contributed by atoms with Gasteiger partial charge in [-0.2, -0.15) is 0 Å². The normalized spacial score (nSPS) is 20.1. The molecule has 1 aliphatic heterocycles. The molecule has 0 spiro atoms. The molecule has 11 atom stereocenters. The molecule has 83 heavy (non-hydrogen) atoms. The summed E-state index contributed by atoms with van der Waals surface area (Å²) in [5.41, 5.74) is 3.36. The molecule has 0 aromatic heterocycles. The van der Waals surface area contributed by atoms with Gasteiger partial charge in [0.1, 0.15) is 17.1 Å². The van der Waals surface area contributed by atoms with E-state index >= 15 is 0 Å². The molecule has 5 rings (SSSR count). The Kier molecular flexibility index (Phi) is 25.1. The van der Waals surface area contributed by atoms with Crippen LogP contribution >= 0.6 is 0 Å². The highest BCUT2D eigenvalue weighted by Gasteiger charge is 2.45. The highest BCUT2D eigenvalue weighted by molar-refractivity contribution is 6.75. The van der Waals surface area contributed by atoms with E-state index in [0.29, 0.717) is 32.0 Å². The molecule has 1 saturated heterocycles. The number of carbonyl (C=O) groups is 1. The van der Waals surface area contributed by atoms with Gasteiger partial charge in [-0.1, -0.05) is 231 Å². The summed E-state index contributed by atoms with van der Waals surface area (Å²) in [6.45, 7) is 49.6. The number of rotatable bonds is 29. The van der Waals surface area contributed by atoms with Crippen molar-refractivity contribution in [3.8, 4) is 5.75 Å². The first-order valence-electron chi connectivity index (χ1n) is 31.3. The van der Waals surface area contributed by atoms with Crippen molar-refractivity contribution in [2.75, 3.05) is 20.3 Å². The van der Waals surface area contributed by atoms with Gasteiger partial charge in [0.05, 0.1) is 44.7 Å². The monoisotopic (exact) mass is 1190 g/mol. The largest absolute Gasteiger partial charge is 0.497 e. The quantitative estimate of drug-likeness (QED) is 0.0302. The third kappa shape index (κ3) is 18.9. The van der Waals surface area contributed by atoms with Crippen molar-refractivity contribution < 1.29 is 37.0 Å². The average Bonchev–Trinajstić information content (AvgIpc) is 3.48. The van der Waals surface area contributed by atoms with Crippen LogP contribution in [0.1, 0.15) is 158 Å². The lowest BCUT2D eigenvalue weighted by Gasteiger charge is -2.44. The number of benzene rings is 4. The van der Waals surface area contributed by atoms with Gasteiger partial charge in [-0.15, -0.1) is 0 Å². The zero-order valence-corrected chi connectivity index (χ0v) is 58.6. The first-order chi connectivity index (χ1) is 38.6. The molecule has 0 aliphatic carbocycles. The maximum absolute atomic E-state index is 14.1. The predicted octanol–water partition coefficient (Wildman–Crippen LogP) is 19.3. The minimum Gasteiger partial charge on any atom is -0.497 e. The Labute approximate surface area is 508 Å². The summed E-state index contributed by atoms with van der Waals surface area (Å²) in [5, 5.41) is 0.0344. The summed E-state index contributed by atoms with van der Waals surface area (Å²) >= 11 is 0. The number of hydrogen-bond acceptors (Lipinski definition) is 8. The number of methoxy groups -OCH3 is 1. The Morgan fingerprint density at radius 1 is 0.614 bits per heavy atom. The summed E-state index contributed by atoms with van der Waals surface area (Å²) in [4.78, 5) is 14.1. The second-order valence-corrected chi connectivity index (χ2v) is 43.4. The topological polar surface area (TPSA) is 81.7 Å². The van der Waals surface area contributed by atoms with E-state index < -0.39 is 36.8 Å². The molecule has 11 heteroatoms. The van der Waals surface area contributed by atoms with Crippen LogP contribution in [0.2, 0.25) is 54.4 Å². The Morgan fingerprint density at radius 3 is 1.58 bits per heavy atom. The Hall–Kier alpha value is -3.76. The maximum Gasteiger partial charge on any atom is 0.192 e. The fourth-order valence-electron chi connectivity index (χ4n) is 10.8. The lowest BCUT2D eigenvalue weighted by molar-refractivity contribution is -0.247. The van der Waals surface area contributed by atoms with Crippen LogP contribution in [0.5, 0.6) is 5.75 Å². The van der Waals surface area contributed by atoms with Gasteiger partial charge in [0, 0.05) is 30.2 Å². The van der Waals surface area contributed by atoms with E-state index in [1.54, 1.807) is 7.11 Å². The van der Waals surface area contributed by atoms with Crippen LogP contribution in [-0.2, 0) is 37.9 Å². The van der Waals surface area contributed by atoms with Crippen molar-refractivity contribution >= 4 is 30.7 Å². The van der Waals surface area contributed by atoms with E-state index in [4.69, 9.17) is 32.2 Å². The van der Waals surface area contributed by atoms with Crippen LogP contribution in [0.3, 0.4) is 0 Å². The van der Waals surface area contributed by atoms with Crippen LogP contribution in [0, 0.1) is 35.5 Å². The summed E-state index contributed by atoms with van der Waals surface area (Å²) in [7, 11) is -5.13. The van der Waals surface area contributed by atoms with Gasteiger partial charge in [0.25, 0.3) is 0 Å². The number of carbonyl (C=O) groups excluding carboxylic acids is 1. The number of hydrogen-bond donors (Lipinski definition) is 0. The third-order valence-electron chi connectivity index (χ3n) is 19.3. The molecule has 4 aromatic rings. The molecule has 1 aliphatic rings. The fraction of sp³-hybridized carbons (Fsp3) is 0.597. The molecule has 0 N–H and O–H groups in total. The van der Waals surface area contributed by atoms with E-state index in [2.05, 4.69) is 252 Å². The summed E-state index contributed by atoms with van der Waals surface area (Å²) in [5.74, 6) is 1.59. The van der Waals surface area contributed by atoms with Crippen LogP contribution < -0.4 is 4.74 Å². The highest BCUT2D eigenvalue weighted by atomic mass is 28.4. The molecular formula is C72H112O8Si3. The van der Waals surface area contributed by atoms with Gasteiger partial charge in [0.2, 0.25) is 0 Å². The average molecular weight is 1190 g/mol. The summed E-state index contributed by atoms with van der Waals surface area (Å²) in [6.07, 6.45) is 11.2. The molecule has 1 heterocycles. The van der Waals surface area contributed by atoms with E-state index in [1.165, 1.54) is 0 Å². The molecule has 4 aromatic carbocycles. The van der Waals surface area contributed by atoms with Gasteiger partial charge in [-0.05, 0) is 120 Å². The van der Waals surface area contributed by atoms with Gasteiger partial charge in [-0.3, -0.25) is 4.79 Å². The standard InChI is InChI=1S/C72H112O8Si3/c1-52(40-47-64(73)57(6)67-56(5)51-75-68(77-67)58-42-45-62(74-16)46-43-58)49-55(4)66(80-83(21,22)71(13,14)15)54(3)41-44-63(78-81(17,18)69(7,8)9)50-65(79-82(19,20)70(10,11)12)53(2)33-32-48-76-72(59-34-26-23-27-35-59,60-36-28-24-29-37-60)61-38-30-25-31-39-61/h23-39,41-46,52-57,63,65-68H,40,47-51H2,1-22H3/t52-,53-,54-,55+,56-,57-,63+,65-,66-,67-,68?/m0/s1. The van der Waals surface area contributed by atoms with E-state index in [0.717, 1.165) is 40.8 Å². The molecule has 1 unspecified atom stereocenters. The molecule has 8 nitrogen and oxygen atoms in total. The first kappa shape index (κ1) is 70.0. The van der Waals surface area contributed by atoms with Crippen LogP contribution in [0.4, 0.5) is 0 Å². The highest BCUT2D eigenvalue weighted by Crippen LogP contribution is 2.45. The van der Waals surface area contributed by atoms with Crippen molar-refractivity contribution in [2.24, 2.45) is 35.5 Å². The van der Waals surface area contributed by atoms with Crippen LogP contribution in [0.25, 0.3) is 0 Å². The maximum atomic E-state index is 14.1. The second-order valence-electron chi connectivity index (χ2n) is 29.2. The summed E-state index contributed by atoms with van der Waals surface area (Å²) < 4.78 is 47.9. The van der Waals surface area contributed by atoms with Crippen LogP contribution in [-0.4, -0.2) is 75.5 Å².